The molecular weight excluding hydrogens is 143 g/mol. The first-order valence-electron chi connectivity index (χ1n) is 3.09. The molecule has 0 rings (SSSR count). The van der Waals surface area contributed by atoms with E-state index in [1.54, 1.807) is 0 Å². The molecule has 0 aromatic rings. The van der Waals surface area contributed by atoms with Crippen LogP contribution in [0.2, 0.25) is 5.09 Å². The van der Waals surface area contributed by atoms with Crippen molar-refractivity contribution in [3.05, 3.63) is 12.7 Å². The molecule has 2 N–H and O–H groups in total. The second-order valence-corrected chi connectivity index (χ2v) is 1.66. The molecule has 0 unspecified atom stereocenters. The zero-order valence-corrected chi connectivity index (χ0v) is 6.41. The van der Waals surface area contributed by atoms with Gasteiger partial charge in [-0.1, -0.05) is 0 Å². The molecule has 0 atom stereocenters. The summed E-state index contributed by atoms with van der Waals surface area (Å²) in [4.78, 5) is 18.9. The molecule has 0 heterocycles. The summed E-state index contributed by atoms with van der Waals surface area (Å²) < 4.78 is 0. The van der Waals surface area contributed by atoms with E-state index >= 15 is 0 Å². The summed E-state index contributed by atoms with van der Waals surface area (Å²) in [5, 5.41) is 16.5. The average molecular weight is 152 g/mol. The zero-order valence-electron chi connectivity index (χ0n) is 6.41. The second kappa shape index (κ2) is 9.28. The Labute approximate surface area is 74.1 Å². The van der Waals surface area contributed by atoms with E-state index in [2.05, 4.69) is 24.3 Å². The number of carboxylic acid groups (broad SMARTS) is 2. The number of aliphatic carboxylic acids is 2. The quantitative estimate of drug-likeness (QED) is 0.346. The predicted molar refractivity (Wildman–Crippen MR) is 40.6 cm³/mol. The van der Waals surface area contributed by atoms with Gasteiger partial charge in [0, 0.05) is 0 Å². The molecule has 4 nitrogen and oxygen atoms in total. The summed E-state index contributed by atoms with van der Waals surface area (Å²) >= 11 is 2.06. The van der Waals surface area contributed by atoms with Gasteiger partial charge in [0.05, 0.1) is 0 Å². The minimum atomic E-state index is -1.31. The second-order valence-electron chi connectivity index (χ2n) is 1.66. The van der Waals surface area contributed by atoms with Crippen LogP contribution in [0.15, 0.2) is 12.7 Å². The fourth-order valence-corrected chi connectivity index (χ4v) is 0.129. The van der Waals surface area contributed by atoms with Crippen LogP contribution in [-0.2, 0) is 9.59 Å². The van der Waals surface area contributed by atoms with Crippen LogP contribution < -0.4 is 0 Å². The van der Waals surface area contributed by atoms with Crippen LogP contribution in [0.1, 0.15) is 6.42 Å². The molecule has 0 spiro atoms. The van der Waals surface area contributed by atoms with Crippen molar-refractivity contribution in [2.75, 3.05) is 0 Å². The van der Waals surface area contributed by atoms with Crippen molar-refractivity contribution in [2.45, 2.75) is 11.5 Å². The first-order chi connectivity index (χ1) is 5.04. The van der Waals surface area contributed by atoms with E-state index in [4.69, 9.17) is 10.2 Å². The van der Waals surface area contributed by atoms with Crippen molar-refractivity contribution >= 4 is 29.7 Å². The van der Waals surface area contributed by atoms with E-state index in [1.807, 2.05) is 6.08 Å². The summed E-state index contributed by atoms with van der Waals surface area (Å²) in [6, 6.07) is 0. The van der Waals surface area contributed by atoms with Gasteiger partial charge in [0.15, 0.2) is 0 Å². The summed E-state index contributed by atoms with van der Waals surface area (Å²) in [7, 11) is 0. The van der Waals surface area contributed by atoms with E-state index in [1.165, 1.54) is 0 Å². The number of hydrogen-bond acceptors (Lipinski definition) is 2. The summed E-state index contributed by atoms with van der Waals surface area (Å²) in [6.07, 6.45) is 1.07. The maximum absolute atomic E-state index is 9.43. The zero-order chi connectivity index (χ0) is 9.28. The van der Waals surface area contributed by atoms with E-state index < -0.39 is 18.4 Å². The molecule has 0 saturated carbocycles. The summed E-state index contributed by atoms with van der Waals surface area (Å²) in [5.41, 5.74) is 0. The Morgan fingerprint density at radius 2 is 1.64 bits per heavy atom. The summed E-state index contributed by atoms with van der Waals surface area (Å²) in [6.45, 7) is 3.48. The maximum atomic E-state index is 9.43. The molecule has 0 aromatic heterocycles. The van der Waals surface area contributed by atoms with Gasteiger partial charge in [-0.15, -0.1) is 0 Å². The van der Waals surface area contributed by atoms with Crippen LogP contribution in [0, 0.1) is 0 Å². The molecule has 0 aliphatic carbocycles. The first-order valence-corrected chi connectivity index (χ1v) is 3.09. The number of rotatable bonds is 3. The number of carboxylic acids is 2. The molecule has 0 radical (unpaired) electrons. The molecule has 0 fully saturated rings. The minimum absolute atomic E-state index is 0.806. The van der Waals surface area contributed by atoms with Gasteiger partial charge in [-0.3, -0.25) is 9.59 Å². The Morgan fingerprint density at radius 1 is 1.36 bits per heavy atom. The molecule has 58 valence electrons. The third kappa shape index (κ3) is 26.9. The van der Waals surface area contributed by atoms with E-state index in [9.17, 15) is 9.59 Å². The molecule has 0 bridgehead atoms. The van der Waals surface area contributed by atoms with Crippen molar-refractivity contribution in [3.8, 4) is 0 Å². The van der Waals surface area contributed by atoms with Crippen molar-refractivity contribution < 1.29 is 19.8 Å². The van der Waals surface area contributed by atoms with Gasteiger partial charge in [0.2, 0.25) is 0 Å². The SMILES string of the molecule is O=C(O)CC(=O)O.[Li][CH2]C=C. The first kappa shape index (κ1) is 12.9. The van der Waals surface area contributed by atoms with E-state index in [-0.39, 0.29) is 0 Å². The van der Waals surface area contributed by atoms with E-state index in [0.717, 1.165) is 5.09 Å². The fraction of sp³-hybridized carbons (Fsp3) is 0.333. The molecule has 0 amide bonds. The van der Waals surface area contributed by atoms with Crippen molar-refractivity contribution in [1.29, 1.82) is 0 Å². The molecule has 0 aromatic carbocycles. The van der Waals surface area contributed by atoms with Crippen LogP contribution in [-0.4, -0.2) is 39.9 Å². The predicted octanol–water partition coefficient (Wildman–Crippen LogP) is 0.305. The van der Waals surface area contributed by atoms with Gasteiger partial charge in [0.25, 0.3) is 0 Å². The van der Waals surface area contributed by atoms with Crippen LogP contribution >= 0.6 is 0 Å². The Morgan fingerprint density at radius 3 is 1.64 bits per heavy atom. The molecule has 5 heteroatoms. The van der Waals surface area contributed by atoms with Gasteiger partial charge < -0.3 is 10.2 Å². The summed E-state index contributed by atoms with van der Waals surface area (Å²) in [5.74, 6) is -2.62. The Bertz CT molecular complexity index is 132. The van der Waals surface area contributed by atoms with Crippen LogP contribution in [0.4, 0.5) is 0 Å². The molecule has 0 aliphatic rings. The Hall–Kier alpha value is -0.723. The van der Waals surface area contributed by atoms with E-state index in [0.29, 0.717) is 0 Å². The number of carbonyl (C=O) groups is 2. The topological polar surface area (TPSA) is 74.6 Å². The third-order valence-electron chi connectivity index (χ3n) is 0.591. The fourth-order valence-electron chi connectivity index (χ4n) is 0.129. The van der Waals surface area contributed by atoms with Gasteiger partial charge >= 0.3 is 47.4 Å². The van der Waals surface area contributed by atoms with Crippen LogP contribution in [0.25, 0.3) is 0 Å². The monoisotopic (exact) mass is 152 g/mol. The van der Waals surface area contributed by atoms with Gasteiger partial charge in [-0.25, -0.2) is 0 Å². The van der Waals surface area contributed by atoms with Crippen LogP contribution in [0.5, 0.6) is 0 Å². The van der Waals surface area contributed by atoms with Crippen molar-refractivity contribution in [1.82, 2.24) is 0 Å². The van der Waals surface area contributed by atoms with Crippen molar-refractivity contribution in [2.24, 2.45) is 0 Å². The van der Waals surface area contributed by atoms with Gasteiger partial charge in [0.1, 0.15) is 6.42 Å². The number of hydrogen-bond donors (Lipinski definition) is 2. The standard InChI is InChI=1S/C3H4O4.C3H5.Li/c4-2(5)1-3(6)7;1-3-2;/h1H2,(H,4,5)(H,6,7);3H,1-2H2;. The number of allylic oxidation sites excluding steroid dienone is 1. The molecule has 0 aliphatic heterocycles. The van der Waals surface area contributed by atoms with Gasteiger partial charge in [-0.05, 0) is 0 Å². The van der Waals surface area contributed by atoms with Gasteiger partial charge in [-0.2, -0.15) is 0 Å². The van der Waals surface area contributed by atoms with Crippen LogP contribution in [0.3, 0.4) is 0 Å². The van der Waals surface area contributed by atoms with Crippen molar-refractivity contribution in [3.63, 3.8) is 0 Å². The Balaban J connectivity index is 0. The molecule has 11 heavy (non-hydrogen) atoms. The molecular formula is C6H9LiO4. The molecule has 0 saturated heterocycles. The third-order valence-corrected chi connectivity index (χ3v) is 0.591. The normalized spacial score (nSPS) is 7.45. The Kier molecular flexibility index (Phi) is 10.9. The average Bonchev–Trinajstić information content (AvgIpc) is 1.85.